The van der Waals surface area contributed by atoms with Gasteiger partial charge in [0.2, 0.25) is 0 Å². The van der Waals surface area contributed by atoms with Crippen LogP contribution in [0.25, 0.3) is 0 Å². The average Bonchev–Trinajstić information content (AvgIpc) is 2.62. The second-order valence-electron chi connectivity index (χ2n) is 6.15. The fourth-order valence-corrected chi connectivity index (χ4v) is 3.03. The molecule has 0 bridgehead atoms. The Bertz CT molecular complexity index is 616. The molecule has 0 heterocycles. The van der Waals surface area contributed by atoms with E-state index in [1.807, 2.05) is 54.6 Å². The largest absolute Gasteiger partial charge is 0.457 e. The van der Waals surface area contributed by atoms with Gasteiger partial charge in [-0.25, -0.2) is 0 Å². The van der Waals surface area contributed by atoms with Crippen molar-refractivity contribution < 1.29 is 9.53 Å². The molecule has 1 aliphatic carbocycles. The molecule has 1 N–H and O–H groups in total. The highest BCUT2D eigenvalue weighted by molar-refractivity contribution is 5.94. The minimum absolute atomic E-state index is 0.00170. The van der Waals surface area contributed by atoms with Crippen molar-refractivity contribution in [2.45, 2.75) is 32.1 Å². The van der Waals surface area contributed by atoms with Crippen LogP contribution >= 0.6 is 0 Å². The number of nitrogens with one attached hydrogen (secondary N) is 1. The van der Waals surface area contributed by atoms with Crippen molar-refractivity contribution in [1.82, 2.24) is 5.32 Å². The van der Waals surface area contributed by atoms with Crippen molar-refractivity contribution >= 4 is 5.91 Å². The Morgan fingerprint density at radius 3 is 2.26 bits per heavy atom. The molecule has 2 aromatic rings. The third kappa shape index (κ3) is 4.59. The molecule has 1 saturated carbocycles. The van der Waals surface area contributed by atoms with E-state index in [4.69, 9.17) is 4.74 Å². The third-order valence-electron chi connectivity index (χ3n) is 4.37. The van der Waals surface area contributed by atoms with Crippen LogP contribution < -0.4 is 10.1 Å². The van der Waals surface area contributed by atoms with Crippen LogP contribution in [-0.2, 0) is 0 Å². The normalized spacial score (nSPS) is 15.1. The highest BCUT2D eigenvalue weighted by Gasteiger charge is 2.14. The molecule has 1 aliphatic rings. The fraction of sp³-hybridized carbons (Fsp3) is 0.350. The third-order valence-corrected chi connectivity index (χ3v) is 4.37. The zero-order chi connectivity index (χ0) is 15.9. The van der Waals surface area contributed by atoms with Gasteiger partial charge in [0.15, 0.2) is 0 Å². The van der Waals surface area contributed by atoms with E-state index in [0.717, 1.165) is 18.0 Å². The molecule has 0 aromatic heterocycles. The van der Waals surface area contributed by atoms with Crippen LogP contribution in [0.15, 0.2) is 54.6 Å². The first-order valence-corrected chi connectivity index (χ1v) is 8.42. The standard InChI is InChI=1S/C20H23NO2/c22-20(21-15-16-7-3-1-4-8-16)17-11-13-19(14-12-17)23-18-9-5-2-6-10-18/h2,5-6,9-14,16H,1,3-4,7-8,15H2,(H,21,22). The second-order valence-corrected chi connectivity index (χ2v) is 6.15. The molecule has 0 atom stereocenters. The fourth-order valence-electron chi connectivity index (χ4n) is 3.03. The zero-order valence-electron chi connectivity index (χ0n) is 13.3. The summed E-state index contributed by atoms with van der Waals surface area (Å²) >= 11 is 0. The quantitative estimate of drug-likeness (QED) is 0.862. The minimum atomic E-state index is 0.00170. The summed E-state index contributed by atoms with van der Waals surface area (Å²) in [4.78, 5) is 12.2. The van der Waals surface area contributed by atoms with Gasteiger partial charge in [-0.15, -0.1) is 0 Å². The van der Waals surface area contributed by atoms with Crippen molar-refractivity contribution in [3.05, 3.63) is 60.2 Å². The van der Waals surface area contributed by atoms with E-state index in [2.05, 4.69) is 5.32 Å². The maximum atomic E-state index is 12.2. The van der Waals surface area contributed by atoms with Crippen LogP contribution in [-0.4, -0.2) is 12.5 Å². The molecule has 3 nitrogen and oxygen atoms in total. The summed E-state index contributed by atoms with van der Waals surface area (Å²) in [5.41, 5.74) is 0.682. The summed E-state index contributed by atoms with van der Waals surface area (Å²) in [7, 11) is 0. The van der Waals surface area contributed by atoms with E-state index < -0.39 is 0 Å². The van der Waals surface area contributed by atoms with E-state index in [1.54, 1.807) is 0 Å². The van der Waals surface area contributed by atoms with Crippen LogP contribution in [0, 0.1) is 5.92 Å². The van der Waals surface area contributed by atoms with Gasteiger partial charge in [0.1, 0.15) is 11.5 Å². The molecule has 2 aromatic carbocycles. The Balaban J connectivity index is 1.52. The van der Waals surface area contributed by atoms with Gasteiger partial charge in [0, 0.05) is 12.1 Å². The van der Waals surface area contributed by atoms with E-state index in [1.165, 1.54) is 32.1 Å². The van der Waals surface area contributed by atoms with Crippen LogP contribution in [0.1, 0.15) is 42.5 Å². The molecule has 23 heavy (non-hydrogen) atoms. The van der Waals surface area contributed by atoms with Crippen LogP contribution in [0.3, 0.4) is 0 Å². The molecule has 1 amide bonds. The van der Waals surface area contributed by atoms with E-state index >= 15 is 0 Å². The van der Waals surface area contributed by atoms with E-state index in [9.17, 15) is 4.79 Å². The lowest BCUT2D eigenvalue weighted by Crippen LogP contribution is -2.30. The van der Waals surface area contributed by atoms with E-state index in [-0.39, 0.29) is 5.91 Å². The SMILES string of the molecule is O=C(NCC1CCCCC1)c1ccc(Oc2ccccc2)cc1. The number of hydrogen-bond acceptors (Lipinski definition) is 2. The first-order valence-electron chi connectivity index (χ1n) is 8.42. The van der Waals surface area contributed by atoms with Gasteiger partial charge < -0.3 is 10.1 Å². The molecule has 0 radical (unpaired) electrons. The lowest BCUT2D eigenvalue weighted by Gasteiger charge is -2.21. The maximum Gasteiger partial charge on any atom is 0.251 e. The lowest BCUT2D eigenvalue weighted by atomic mass is 9.89. The van der Waals surface area contributed by atoms with Crippen molar-refractivity contribution in [3.8, 4) is 11.5 Å². The van der Waals surface area contributed by atoms with Crippen molar-refractivity contribution in [1.29, 1.82) is 0 Å². The summed E-state index contributed by atoms with van der Waals surface area (Å²) in [6, 6.07) is 16.9. The zero-order valence-corrected chi connectivity index (χ0v) is 13.3. The summed E-state index contributed by atoms with van der Waals surface area (Å²) < 4.78 is 5.74. The number of para-hydroxylation sites is 1. The van der Waals surface area contributed by atoms with Gasteiger partial charge in [-0.1, -0.05) is 37.5 Å². The Kier molecular flexibility index (Phi) is 5.30. The van der Waals surface area contributed by atoms with Crippen LogP contribution in [0.2, 0.25) is 0 Å². The predicted molar refractivity (Wildman–Crippen MR) is 91.9 cm³/mol. The first kappa shape index (κ1) is 15.6. The summed E-state index contributed by atoms with van der Waals surface area (Å²) in [5, 5.41) is 3.06. The monoisotopic (exact) mass is 309 g/mol. The van der Waals surface area contributed by atoms with Crippen molar-refractivity contribution in [3.63, 3.8) is 0 Å². The number of amides is 1. The molecule has 0 spiro atoms. The Labute approximate surface area is 137 Å². The van der Waals surface area contributed by atoms with Crippen molar-refractivity contribution in [2.24, 2.45) is 5.92 Å². The van der Waals surface area contributed by atoms with Crippen LogP contribution in [0.4, 0.5) is 0 Å². The number of carbonyl (C=O) groups excluding carboxylic acids is 1. The van der Waals surface area contributed by atoms with Crippen molar-refractivity contribution in [2.75, 3.05) is 6.54 Å². The summed E-state index contributed by atoms with van der Waals surface area (Å²) in [6.07, 6.45) is 6.42. The van der Waals surface area contributed by atoms with Crippen LogP contribution in [0.5, 0.6) is 11.5 Å². The molecular formula is C20H23NO2. The molecule has 1 fully saturated rings. The van der Waals surface area contributed by atoms with Gasteiger partial charge in [-0.3, -0.25) is 4.79 Å². The molecule has 0 aliphatic heterocycles. The molecule has 0 unspecified atom stereocenters. The predicted octanol–water partition coefficient (Wildman–Crippen LogP) is 4.79. The summed E-state index contributed by atoms with van der Waals surface area (Å²) in [6.45, 7) is 0.793. The molecular weight excluding hydrogens is 286 g/mol. The van der Waals surface area contributed by atoms with Gasteiger partial charge in [-0.05, 0) is 55.2 Å². The highest BCUT2D eigenvalue weighted by atomic mass is 16.5. The highest BCUT2D eigenvalue weighted by Crippen LogP contribution is 2.23. The Hall–Kier alpha value is -2.29. The second kappa shape index (κ2) is 7.82. The summed E-state index contributed by atoms with van der Waals surface area (Å²) in [5.74, 6) is 2.18. The number of ether oxygens (including phenoxy) is 1. The molecule has 0 saturated heterocycles. The topological polar surface area (TPSA) is 38.3 Å². The number of rotatable bonds is 5. The number of benzene rings is 2. The van der Waals surface area contributed by atoms with Gasteiger partial charge in [0.05, 0.1) is 0 Å². The lowest BCUT2D eigenvalue weighted by molar-refractivity contribution is 0.0943. The Morgan fingerprint density at radius 1 is 0.913 bits per heavy atom. The molecule has 120 valence electrons. The minimum Gasteiger partial charge on any atom is -0.457 e. The maximum absolute atomic E-state index is 12.2. The molecule has 3 heteroatoms. The van der Waals surface area contributed by atoms with E-state index in [0.29, 0.717) is 11.5 Å². The number of hydrogen-bond donors (Lipinski definition) is 1. The Morgan fingerprint density at radius 2 is 1.57 bits per heavy atom. The number of carbonyl (C=O) groups is 1. The average molecular weight is 309 g/mol. The van der Waals surface area contributed by atoms with Gasteiger partial charge in [-0.2, -0.15) is 0 Å². The first-order chi connectivity index (χ1) is 11.3. The smallest absolute Gasteiger partial charge is 0.251 e. The van der Waals surface area contributed by atoms with Gasteiger partial charge in [0.25, 0.3) is 5.91 Å². The molecule has 3 rings (SSSR count). The van der Waals surface area contributed by atoms with Gasteiger partial charge >= 0.3 is 0 Å².